The maximum absolute atomic E-state index is 13.2. The van der Waals surface area contributed by atoms with Crippen LogP contribution in [0.4, 0.5) is 10.1 Å². The standard InChI is InChI=1S/C8H8FN5O2/c9-6-2-1-3-7(14(15)16)5(6)4-12-13-8(10)11/h1-4H,(H4,10,11,13). The predicted octanol–water partition coefficient (Wildman–Crippen LogP) is 0.341. The Kier molecular flexibility index (Phi) is 3.49. The zero-order chi connectivity index (χ0) is 12.1. The first-order valence-electron chi connectivity index (χ1n) is 4.07. The van der Waals surface area contributed by atoms with Gasteiger partial charge in [-0.1, -0.05) is 6.07 Å². The van der Waals surface area contributed by atoms with Crippen molar-refractivity contribution in [3.05, 3.63) is 39.7 Å². The van der Waals surface area contributed by atoms with Gasteiger partial charge in [0.15, 0.2) is 0 Å². The summed E-state index contributed by atoms with van der Waals surface area (Å²) >= 11 is 0. The quantitative estimate of drug-likeness (QED) is 0.333. The first-order valence-corrected chi connectivity index (χ1v) is 4.07. The van der Waals surface area contributed by atoms with Gasteiger partial charge in [-0.15, -0.1) is 5.10 Å². The average Bonchev–Trinajstić information content (AvgIpc) is 2.19. The van der Waals surface area contributed by atoms with Crippen LogP contribution in [0.5, 0.6) is 0 Å². The van der Waals surface area contributed by atoms with Crippen molar-refractivity contribution in [3.63, 3.8) is 0 Å². The molecule has 0 fully saturated rings. The Hall–Kier alpha value is -2.51. The molecule has 16 heavy (non-hydrogen) atoms. The van der Waals surface area contributed by atoms with E-state index >= 15 is 0 Å². The maximum Gasteiger partial charge on any atom is 0.281 e. The molecule has 0 radical (unpaired) electrons. The molecular formula is C8H8FN5O2. The third-order valence-electron chi connectivity index (χ3n) is 1.59. The highest BCUT2D eigenvalue weighted by Gasteiger charge is 2.15. The summed E-state index contributed by atoms with van der Waals surface area (Å²) in [6, 6.07) is 3.45. The lowest BCUT2D eigenvalue weighted by molar-refractivity contribution is -0.385. The van der Waals surface area contributed by atoms with E-state index in [2.05, 4.69) is 10.2 Å². The number of nitro benzene ring substituents is 1. The van der Waals surface area contributed by atoms with E-state index in [0.29, 0.717) is 0 Å². The SMILES string of the molecule is NC(N)=NN=Cc1c(F)cccc1[N+](=O)[O-]. The summed E-state index contributed by atoms with van der Waals surface area (Å²) in [5.74, 6) is -1.10. The van der Waals surface area contributed by atoms with Gasteiger partial charge in [0.25, 0.3) is 5.69 Å². The average molecular weight is 225 g/mol. The fourth-order valence-corrected chi connectivity index (χ4v) is 0.966. The lowest BCUT2D eigenvalue weighted by atomic mass is 10.2. The second-order valence-electron chi connectivity index (χ2n) is 2.70. The number of guanidine groups is 1. The zero-order valence-electron chi connectivity index (χ0n) is 8.00. The molecule has 1 aromatic rings. The van der Waals surface area contributed by atoms with Crippen LogP contribution >= 0.6 is 0 Å². The van der Waals surface area contributed by atoms with E-state index in [1.165, 1.54) is 6.07 Å². The Morgan fingerprint density at radius 1 is 1.50 bits per heavy atom. The molecule has 8 heteroatoms. The fourth-order valence-electron chi connectivity index (χ4n) is 0.966. The molecule has 0 saturated carbocycles. The van der Waals surface area contributed by atoms with E-state index < -0.39 is 16.4 Å². The van der Waals surface area contributed by atoms with Crippen molar-refractivity contribution in [1.82, 2.24) is 0 Å². The number of hydrogen-bond acceptors (Lipinski definition) is 4. The van der Waals surface area contributed by atoms with Crippen LogP contribution in [0.1, 0.15) is 5.56 Å². The van der Waals surface area contributed by atoms with Crippen LogP contribution in [-0.2, 0) is 0 Å². The second kappa shape index (κ2) is 4.82. The fraction of sp³-hybridized carbons (Fsp3) is 0. The molecule has 0 heterocycles. The minimum Gasteiger partial charge on any atom is -0.369 e. The van der Waals surface area contributed by atoms with Crippen LogP contribution in [0, 0.1) is 15.9 Å². The van der Waals surface area contributed by atoms with Crippen molar-refractivity contribution >= 4 is 17.9 Å². The Bertz CT molecular complexity index is 467. The zero-order valence-corrected chi connectivity index (χ0v) is 8.00. The Balaban J connectivity index is 3.16. The Morgan fingerprint density at radius 2 is 2.19 bits per heavy atom. The molecule has 0 aliphatic heterocycles. The molecule has 84 valence electrons. The van der Waals surface area contributed by atoms with E-state index in [-0.39, 0.29) is 11.5 Å². The van der Waals surface area contributed by atoms with Crippen LogP contribution < -0.4 is 11.5 Å². The molecular weight excluding hydrogens is 217 g/mol. The third kappa shape index (κ3) is 2.74. The maximum atomic E-state index is 13.2. The number of nitrogens with zero attached hydrogens (tertiary/aromatic N) is 3. The lowest BCUT2D eigenvalue weighted by Gasteiger charge is -1.97. The topological polar surface area (TPSA) is 120 Å². The number of rotatable bonds is 3. The molecule has 0 amide bonds. The minimum atomic E-state index is -0.774. The molecule has 0 aromatic heterocycles. The van der Waals surface area contributed by atoms with Crippen LogP contribution in [0.15, 0.2) is 28.4 Å². The summed E-state index contributed by atoms with van der Waals surface area (Å²) in [4.78, 5) is 9.84. The van der Waals surface area contributed by atoms with E-state index in [1.54, 1.807) is 0 Å². The van der Waals surface area contributed by atoms with E-state index in [0.717, 1.165) is 18.3 Å². The van der Waals surface area contributed by atoms with Gasteiger partial charge in [0.05, 0.1) is 11.1 Å². The largest absolute Gasteiger partial charge is 0.369 e. The van der Waals surface area contributed by atoms with Gasteiger partial charge < -0.3 is 11.5 Å². The van der Waals surface area contributed by atoms with Gasteiger partial charge in [-0.05, 0) is 6.07 Å². The van der Waals surface area contributed by atoms with Crippen molar-refractivity contribution in [1.29, 1.82) is 0 Å². The third-order valence-corrected chi connectivity index (χ3v) is 1.59. The van der Waals surface area contributed by atoms with Gasteiger partial charge in [-0.2, -0.15) is 5.10 Å². The molecule has 1 rings (SSSR count). The van der Waals surface area contributed by atoms with Gasteiger partial charge in [0.1, 0.15) is 11.4 Å². The molecule has 1 aromatic carbocycles. The minimum absolute atomic E-state index is 0.280. The molecule has 0 aliphatic rings. The van der Waals surface area contributed by atoms with Gasteiger partial charge >= 0.3 is 0 Å². The predicted molar refractivity (Wildman–Crippen MR) is 56.5 cm³/mol. The van der Waals surface area contributed by atoms with E-state index in [1.807, 2.05) is 0 Å². The highest BCUT2D eigenvalue weighted by Crippen LogP contribution is 2.19. The van der Waals surface area contributed by atoms with E-state index in [4.69, 9.17) is 11.5 Å². The number of nitro groups is 1. The van der Waals surface area contributed by atoms with Crippen LogP contribution in [0.2, 0.25) is 0 Å². The van der Waals surface area contributed by atoms with Gasteiger partial charge in [-0.3, -0.25) is 10.1 Å². The van der Waals surface area contributed by atoms with Crippen molar-refractivity contribution < 1.29 is 9.31 Å². The Labute approximate surface area is 89.4 Å². The van der Waals surface area contributed by atoms with Gasteiger partial charge in [0, 0.05) is 6.07 Å². The number of halogens is 1. The molecule has 0 bridgehead atoms. The molecule has 7 nitrogen and oxygen atoms in total. The molecule has 0 aliphatic carbocycles. The van der Waals surface area contributed by atoms with Crippen LogP contribution in [0.25, 0.3) is 0 Å². The number of nitrogens with two attached hydrogens (primary N) is 2. The molecule has 0 saturated heterocycles. The molecule has 0 atom stereocenters. The smallest absolute Gasteiger partial charge is 0.281 e. The van der Waals surface area contributed by atoms with Crippen molar-refractivity contribution in [3.8, 4) is 0 Å². The highest BCUT2D eigenvalue weighted by molar-refractivity contribution is 5.86. The van der Waals surface area contributed by atoms with Gasteiger partial charge in [0.2, 0.25) is 5.96 Å². The molecule has 4 N–H and O–H groups in total. The molecule has 0 unspecified atom stereocenters. The van der Waals surface area contributed by atoms with E-state index in [9.17, 15) is 14.5 Å². The normalized spacial score (nSPS) is 10.3. The first-order chi connectivity index (χ1) is 7.52. The second-order valence-corrected chi connectivity index (χ2v) is 2.70. The lowest BCUT2D eigenvalue weighted by Crippen LogP contribution is -2.21. The first kappa shape index (κ1) is 11.6. The van der Waals surface area contributed by atoms with Gasteiger partial charge in [-0.25, -0.2) is 4.39 Å². The number of benzene rings is 1. The summed E-state index contributed by atoms with van der Waals surface area (Å²) in [5.41, 5.74) is 9.27. The summed E-state index contributed by atoms with van der Waals surface area (Å²) in [5, 5.41) is 17.1. The summed E-state index contributed by atoms with van der Waals surface area (Å²) in [7, 11) is 0. The molecule has 0 spiro atoms. The summed E-state index contributed by atoms with van der Waals surface area (Å²) < 4.78 is 13.2. The number of hydrogen-bond donors (Lipinski definition) is 2. The monoisotopic (exact) mass is 225 g/mol. The van der Waals surface area contributed by atoms with Crippen molar-refractivity contribution in [2.45, 2.75) is 0 Å². The summed E-state index contributed by atoms with van der Waals surface area (Å²) in [6.07, 6.45) is 0.882. The van der Waals surface area contributed by atoms with Crippen molar-refractivity contribution in [2.75, 3.05) is 0 Å². The highest BCUT2D eigenvalue weighted by atomic mass is 19.1. The van der Waals surface area contributed by atoms with Crippen LogP contribution in [-0.4, -0.2) is 17.1 Å². The van der Waals surface area contributed by atoms with Crippen molar-refractivity contribution in [2.24, 2.45) is 21.7 Å². The van der Waals surface area contributed by atoms with Crippen LogP contribution in [0.3, 0.4) is 0 Å². The Morgan fingerprint density at radius 3 is 2.75 bits per heavy atom. The summed E-state index contributed by atoms with van der Waals surface area (Å²) in [6.45, 7) is 0.